The number of benzene rings is 1. The Morgan fingerprint density at radius 1 is 1.24 bits per heavy atom. The summed E-state index contributed by atoms with van der Waals surface area (Å²) in [6, 6.07) is 9.22. The van der Waals surface area contributed by atoms with Crippen LogP contribution in [0.4, 0.5) is 0 Å². The van der Waals surface area contributed by atoms with Gasteiger partial charge in [0.05, 0.1) is 0 Å². The van der Waals surface area contributed by atoms with Crippen LogP contribution in [0.1, 0.15) is 45.2 Å². The van der Waals surface area contributed by atoms with E-state index in [-0.39, 0.29) is 0 Å². The van der Waals surface area contributed by atoms with Crippen molar-refractivity contribution >= 4 is 6.08 Å². The number of hydrogen-bond acceptors (Lipinski definition) is 1. The van der Waals surface area contributed by atoms with Crippen molar-refractivity contribution in [1.82, 2.24) is 5.32 Å². The second kappa shape index (κ2) is 7.29. The van der Waals surface area contributed by atoms with Crippen molar-refractivity contribution in [3.63, 3.8) is 0 Å². The van der Waals surface area contributed by atoms with E-state index < -0.39 is 0 Å². The fraction of sp³-hybridized carbons (Fsp3) is 0.500. The lowest BCUT2D eigenvalue weighted by molar-refractivity contribution is 0.617. The van der Waals surface area contributed by atoms with Gasteiger partial charge >= 0.3 is 0 Å². The van der Waals surface area contributed by atoms with Crippen molar-refractivity contribution in [2.24, 2.45) is 0 Å². The Morgan fingerprint density at radius 2 is 1.94 bits per heavy atom. The zero-order chi connectivity index (χ0) is 12.7. The molecule has 1 nitrogen and oxygen atoms in total. The highest BCUT2D eigenvalue weighted by atomic mass is 14.9. The summed E-state index contributed by atoms with van der Waals surface area (Å²) in [7, 11) is 0. The van der Waals surface area contributed by atoms with E-state index in [2.05, 4.69) is 63.4 Å². The van der Waals surface area contributed by atoms with Crippen LogP contribution in [0.2, 0.25) is 0 Å². The first-order valence-electron chi connectivity index (χ1n) is 6.68. The van der Waals surface area contributed by atoms with Gasteiger partial charge in [-0.2, -0.15) is 0 Å². The monoisotopic (exact) mass is 231 g/mol. The Hall–Kier alpha value is -1.08. The van der Waals surface area contributed by atoms with Gasteiger partial charge < -0.3 is 5.32 Å². The summed E-state index contributed by atoms with van der Waals surface area (Å²) in [6.07, 6.45) is 4.55. The zero-order valence-electron chi connectivity index (χ0n) is 11.6. The third-order valence-electron chi connectivity index (χ3n) is 2.99. The van der Waals surface area contributed by atoms with E-state index in [1.165, 1.54) is 16.7 Å². The molecule has 0 fully saturated rings. The Balaban J connectivity index is 2.82. The predicted molar refractivity (Wildman–Crippen MR) is 77.2 cm³/mol. The van der Waals surface area contributed by atoms with Crippen LogP contribution < -0.4 is 5.32 Å². The molecule has 0 aliphatic rings. The molecule has 0 amide bonds. The first-order chi connectivity index (χ1) is 8.17. The van der Waals surface area contributed by atoms with Crippen molar-refractivity contribution in [3.8, 4) is 0 Å². The van der Waals surface area contributed by atoms with Gasteiger partial charge in [-0.25, -0.2) is 0 Å². The molecule has 0 aliphatic carbocycles. The zero-order valence-corrected chi connectivity index (χ0v) is 11.6. The maximum Gasteiger partial charge on any atom is 0.0170 e. The fourth-order valence-corrected chi connectivity index (χ4v) is 1.83. The van der Waals surface area contributed by atoms with Crippen LogP contribution in [0.15, 0.2) is 29.8 Å². The summed E-state index contributed by atoms with van der Waals surface area (Å²) in [5.74, 6) is 0. The van der Waals surface area contributed by atoms with Gasteiger partial charge in [-0.05, 0) is 24.0 Å². The third-order valence-corrected chi connectivity index (χ3v) is 2.99. The first-order valence-corrected chi connectivity index (χ1v) is 6.68. The number of aryl methyl sites for hydroxylation is 1. The minimum atomic E-state index is 0.548. The van der Waals surface area contributed by atoms with E-state index in [9.17, 15) is 0 Å². The Kier molecular flexibility index (Phi) is 5.99. The van der Waals surface area contributed by atoms with Gasteiger partial charge in [0.2, 0.25) is 0 Å². The summed E-state index contributed by atoms with van der Waals surface area (Å²) in [4.78, 5) is 0. The largest absolute Gasteiger partial charge is 0.311 e. The van der Waals surface area contributed by atoms with Crippen LogP contribution in [0.25, 0.3) is 6.08 Å². The normalized spacial score (nSPS) is 12.2. The van der Waals surface area contributed by atoms with Crippen molar-refractivity contribution in [2.75, 3.05) is 6.54 Å². The summed E-state index contributed by atoms with van der Waals surface area (Å²) < 4.78 is 0. The predicted octanol–water partition coefficient (Wildman–Crippen LogP) is 4.04. The van der Waals surface area contributed by atoms with Crippen molar-refractivity contribution in [3.05, 3.63) is 41.0 Å². The molecule has 0 spiro atoms. The molecule has 1 heteroatoms. The molecule has 94 valence electrons. The summed E-state index contributed by atoms with van der Waals surface area (Å²) in [5.41, 5.74) is 4.28. The minimum absolute atomic E-state index is 0.548. The van der Waals surface area contributed by atoms with Gasteiger partial charge in [0.1, 0.15) is 0 Å². The van der Waals surface area contributed by atoms with Gasteiger partial charge in [-0.15, -0.1) is 0 Å². The maximum atomic E-state index is 3.49. The SMILES string of the molecule is CCC(=Cc1ccccc1CC)CNC(C)C. The lowest BCUT2D eigenvalue weighted by Gasteiger charge is -2.11. The molecule has 1 rings (SSSR count). The van der Waals surface area contributed by atoms with Crippen LogP contribution in [-0.4, -0.2) is 12.6 Å². The molecule has 17 heavy (non-hydrogen) atoms. The second-order valence-electron chi connectivity index (χ2n) is 4.74. The van der Waals surface area contributed by atoms with Crippen molar-refractivity contribution < 1.29 is 0 Å². The van der Waals surface area contributed by atoms with Crippen LogP contribution in [0.5, 0.6) is 0 Å². The van der Waals surface area contributed by atoms with Gasteiger partial charge in [-0.3, -0.25) is 0 Å². The molecule has 0 aromatic heterocycles. The van der Waals surface area contributed by atoms with Gasteiger partial charge in [-0.1, -0.05) is 63.6 Å². The topological polar surface area (TPSA) is 12.0 Å². The van der Waals surface area contributed by atoms with Crippen LogP contribution in [0, 0.1) is 0 Å². The van der Waals surface area contributed by atoms with E-state index in [0.29, 0.717) is 6.04 Å². The van der Waals surface area contributed by atoms with E-state index in [1.54, 1.807) is 0 Å². The quantitative estimate of drug-likeness (QED) is 0.779. The van der Waals surface area contributed by atoms with E-state index in [1.807, 2.05) is 0 Å². The molecule has 0 saturated heterocycles. The lowest BCUT2D eigenvalue weighted by atomic mass is 10.0. The summed E-state index contributed by atoms with van der Waals surface area (Å²) in [6.45, 7) is 9.81. The molecule has 0 bridgehead atoms. The Labute approximate surface area is 106 Å². The standard InChI is InChI=1S/C16H25N/c1-5-14(12-17-13(3)4)11-16-10-8-7-9-15(16)6-2/h7-11,13,17H,5-6,12H2,1-4H3. The molecule has 0 heterocycles. The molecular weight excluding hydrogens is 206 g/mol. The minimum Gasteiger partial charge on any atom is -0.311 e. The van der Waals surface area contributed by atoms with E-state index >= 15 is 0 Å². The molecule has 1 aromatic carbocycles. The van der Waals surface area contributed by atoms with Crippen LogP contribution in [-0.2, 0) is 6.42 Å². The van der Waals surface area contributed by atoms with Crippen LogP contribution in [0.3, 0.4) is 0 Å². The molecular formula is C16H25N. The molecule has 0 aliphatic heterocycles. The third kappa shape index (κ3) is 4.74. The summed E-state index contributed by atoms with van der Waals surface area (Å²) in [5, 5.41) is 3.49. The molecule has 0 unspecified atom stereocenters. The fourth-order valence-electron chi connectivity index (χ4n) is 1.83. The molecule has 0 radical (unpaired) electrons. The molecule has 0 saturated carbocycles. The summed E-state index contributed by atoms with van der Waals surface area (Å²) >= 11 is 0. The van der Waals surface area contributed by atoms with Crippen LogP contribution >= 0.6 is 0 Å². The smallest absolute Gasteiger partial charge is 0.0170 e. The second-order valence-corrected chi connectivity index (χ2v) is 4.74. The molecule has 1 N–H and O–H groups in total. The molecule has 1 aromatic rings. The Morgan fingerprint density at radius 3 is 2.53 bits per heavy atom. The van der Waals surface area contributed by atoms with E-state index in [4.69, 9.17) is 0 Å². The Bertz CT molecular complexity index is 364. The van der Waals surface area contributed by atoms with Crippen molar-refractivity contribution in [1.29, 1.82) is 0 Å². The first kappa shape index (κ1) is 14.0. The van der Waals surface area contributed by atoms with Gasteiger partial charge in [0, 0.05) is 12.6 Å². The highest BCUT2D eigenvalue weighted by Gasteiger charge is 2.00. The lowest BCUT2D eigenvalue weighted by Crippen LogP contribution is -2.24. The van der Waals surface area contributed by atoms with Gasteiger partial charge in [0.15, 0.2) is 0 Å². The average molecular weight is 231 g/mol. The number of hydrogen-bond donors (Lipinski definition) is 1. The maximum absolute atomic E-state index is 3.49. The average Bonchev–Trinajstić information content (AvgIpc) is 2.34. The van der Waals surface area contributed by atoms with Gasteiger partial charge in [0.25, 0.3) is 0 Å². The highest BCUT2D eigenvalue weighted by molar-refractivity contribution is 5.57. The van der Waals surface area contributed by atoms with E-state index in [0.717, 1.165) is 19.4 Å². The highest BCUT2D eigenvalue weighted by Crippen LogP contribution is 2.15. The number of nitrogens with one attached hydrogen (secondary N) is 1. The number of rotatable bonds is 6. The molecule has 0 atom stereocenters. The van der Waals surface area contributed by atoms with Crippen molar-refractivity contribution in [2.45, 2.75) is 46.6 Å².